The quantitative estimate of drug-likeness (QED) is 0.185. The average Bonchev–Trinajstić information content (AvgIpc) is 2.69. The minimum Gasteiger partial charge on any atom is -0.497 e. The van der Waals surface area contributed by atoms with Gasteiger partial charge in [0.1, 0.15) is 5.75 Å². The van der Waals surface area contributed by atoms with E-state index in [0.29, 0.717) is 6.61 Å². The lowest BCUT2D eigenvalue weighted by Crippen LogP contribution is -2.41. The molecule has 33 heavy (non-hydrogen) atoms. The van der Waals surface area contributed by atoms with Crippen LogP contribution in [0.15, 0.2) is 36.4 Å². The summed E-state index contributed by atoms with van der Waals surface area (Å²) < 4.78 is 24.0. The molecule has 0 fully saturated rings. The van der Waals surface area contributed by atoms with Gasteiger partial charge in [0.25, 0.3) is 0 Å². The normalized spacial score (nSPS) is 14.7. The Balaban J connectivity index is 2.80. The molecule has 2 atom stereocenters. The van der Waals surface area contributed by atoms with Crippen molar-refractivity contribution in [1.82, 2.24) is 0 Å². The molecule has 0 aliphatic heterocycles. The molecule has 0 amide bonds. The fourth-order valence-electron chi connectivity index (χ4n) is 3.57. The molecule has 0 aliphatic carbocycles. The van der Waals surface area contributed by atoms with Gasteiger partial charge < -0.3 is 18.6 Å². The number of benzene rings is 1. The number of rotatable bonds is 15. The van der Waals surface area contributed by atoms with E-state index in [1.165, 1.54) is 5.57 Å². The van der Waals surface area contributed by atoms with E-state index in [9.17, 15) is 0 Å². The van der Waals surface area contributed by atoms with E-state index in [4.69, 9.17) is 18.6 Å². The van der Waals surface area contributed by atoms with Gasteiger partial charge in [-0.3, -0.25) is 0 Å². The summed E-state index contributed by atoms with van der Waals surface area (Å²) in [7, 11) is 0.530. The monoisotopic (exact) mass is 494 g/mol. The third-order valence-corrected chi connectivity index (χ3v) is 12.6. The molecule has 0 bridgehead atoms. The first-order valence-corrected chi connectivity index (χ1v) is 18.9. The Labute approximate surface area is 206 Å². The lowest BCUT2D eigenvalue weighted by molar-refractivity contribution is -0.0183. The van der Waals surface area contributed by atoms with Gasteiger partial charge >= 0.3 is 0 Å². The van der Waals surface area contributed by atoms with Gasteiger partial charge in [-0.2, -0.15) is 0 Å². The number of ether oxygens (including phenoxy) is 3. The maximum Gasteiger partial charge on any atom is 0.191 e. The molecular formula is C27H50O4Si2. The fraction of sp³-hybridized carbons (Fsp3) is 0.704. The Bertz CT molecular complexity index is 702. The molecule has 0 saturated heterocycles. The zero-order chi connectivity index (χ0) is 25.3. The third-order valence-electron chi connectivity index (χ3n) is 6.51. The van der Waals surface area contributed by atoms with Crippen LogP contribution in [0.1, 0.15) is 45.6 Å². The van der Waals surface area contributed by atoms with Crippen molar-refractivity contribution in [2.24, 2.45) is 0 Å². The summed E-state index contributed by atoms with van der Waals surface area (Å²) in [5, 5.41) is 0.204. The van der Waals surface area contributed by atoms with Crippen molar-refractivity contribution in [2.75, 3.05) is 20.8 Å². The highest BCUT2D eigenvalue weighted by Gasteiger charge is 2.37. The zero-order valence-corrected chi connectivity index (χ0v) is 25.0. The van der Waals surface area contributed by atoms with Crippen molar-refractivity contribution in [2.45, 2.75) is 103 Å². The van der Waals surface area contributed by atoms with Crippen LogP contribution in [-0.4, -0.2) is 49.4 Å². The first-order chi connectivity index (χ1) is 15.2. The Morgan fingerprint density at radius 1 is 0.970 bits per heavy atom. The SMILES string of the molecule is C=C(C[C@H](C[C@@H](CCO[Si](C)(C)C(C)(C)C)OCc1ccc(OC)cc1)OC)C[Si](C)(C)C. The summed E-state index contributed by atoms with van der Waals surface area (Å²) in [4.78, 5) is 0. The Morgan fingerprint density at radius 3 is 2.06 bits per heavy atom. The molecular weight excluding hydrogens is 444 g/mol. The summed E-state index contributed by atoms with van der Waals surface area (Å²) in [5.41, 5.74) is 2.44. The third kappa shape index (κ3) is 11.9. The lowest BCUT2D eigenvalue weighted by Gasteiger charge is -2.36. The molecule has 0 saturated carbocycles. The topological polar surface area (TPSA) is 36.9 Å². The predicted octanol–water partition coefficient (Wildman–Crippen LogP) is 7.68. The summed E-state index contributed by atoms with van der Waals surface area (Å²) in [6, 6.07) is 9.22. The van der Waals surface area contributed by atoms with E-state index in [1.807, 2.05) is 12.1 Å². The predicted molar refractivity (Wildman–Crippen MR) is 147 cm³/mol. The lowest BCUT2D eigenvalue weighted by atomic mass is 10.0. The van der Waals surface area contributed by atoms with Gasteiger partial charge in [-0.15, -0.1) is 6.58 Å². The van der Waals surface area contributed by atoms with Crippen molar-refractivity contribution >= 4 is 16.4 Å². The highest BCUT2D eigenvalue weighted by molar-refractivity contribution is 6.76. The van der Waals surface area contributed by atoms with Crippen molar-refractivity contribution < 1.29 is 18.6 Å². The Morgan fingerprint density at radius 2 is 1.58 bits per heavy atom. The number of methoxy groups -OCH3 is 2. The number of hydrogen-bond donors (Lipinski definition) is 0. The summed E-state index contributed by atoms with van der Waals surface area (Å²) in [6.45, 7) is 24.2. The van der Waals surface area contributed by atoms with E-state index in [-0.39, 0.29) is 17.2 Å². The van der Waals surface area contributed by atoms with Crippen LogP contribution < -0.4 is 4.74 Å². The van der Waals surface area contributed by atoms with Crippen LogP contribution in [0.5, 0.6) is 5.75 Å². The second-order valence-electron chi connectivity index (χ2n) is 12.0. The molecule has 0 aliphatic rings. The molecule has 0 heterocycles. The molecule has 1 aromatic carbocycles. The van der Waals surface area contributed by atoms with E-state index in [1.54, 1.807) is 14.2 Å². The molecule has 0 aromatic heterocycles. The van der Waals surface area contributed by atoms with Gasteiger partial charge in [-0.25, -0.2) is 0 Å². The second-order valence-corrected chi connectivity index (χ2v) is 22.2. The molecule has 4 nitrogen and oxygen atoms in total. The minimum atomic E-state index is -1.78. The molecule has 190 valence electrons. The summed E-state index contributed by atoms with van der Waals surface area (Å²) in [5.74, 6) is 0.860. The molecule has 0 unspecified atom stereocenters. The summed E-state index contributed by atoms with van der Waals surface area (Å²) in [6.07, 6.45) is 2.79. The van der Waals surface area contributed by atoms with Gasteiger partial charge in [0.15, 0.2) is 8.32 Å². The van der Waals surface area contributed by atoms with Crippen LogP contribution in [0.25, 0.3) is 0 Å². The molecule has 6 heteroatoms. The zero-order valence-electron chi connectivity index (χ0n) is 23.0. The van der Waals surface area contributed by atoms with E-state index in [2.05, 4.69) is 72.2 Å². The largest absolute Gasteiger partial charge is 0.497 e. The van der Waals surface area contributed by atoms with Crippen LogP contribution in [0.4, 0.5) is 0 Å². The van der Waals surface area contributed by atoms with Gasteiger partial charge in [-0.1, -0.05) is 58.1 Å². The van der Waals surface area contributed by atoms with Crippen molar-refractivity contribution in [3.05, 3.63) is 42.0 Å². The van der Waals surface area contributed by atoms with Gasteiger partial charge in [0.2, 0.25) is 0 Å². The second kappa shape index (κ2) is 13.2. The standard InChI is InChI=1S/C27H50O4Si2/c1-22(21-32(7,8)9)18-26(29-6)19-25(16-17-31-33(10,11)27(2,3)4)30-20-23-12-14-24(28-5)15-13-23/h12-15,25-26H,1,16-21H2,2-11H3/t25-,26-/m1/s1. The van der Waals surface area contributed by atoms with E-state index < -0.39 is 16.4 Å². The average molecular weight is 495 g/mol. The molecule has 0 N–H and O–H groups in total. The van der Waals surface area contributed by atoms with Crippen LogP contribution >= 0.6 is 0 Å². The van der Waals surface area contributed by atoms with Crippen LogP contribution in [-0.2, 0) is 20.5 Å². The maximum atomic E-state index is 6.46. The summed E-state index contributed by atoms with van der Waals surface area (Å²) >= 11 is 0. The first-order valence-electron chi connectivity index (χ1n) is 12.2. The highest BCUT2D eigenvalue weighted by atomic mass is 28.4. The van der Waals surface area contributed by atoms with Gasteiger partial charge in [-0.05, 0) is 54.7 Å². The number of hydrogen-bond acceptors (Lipinski definition) is 4. The molecule has 1 aromatic rings. The maximum absolute atomic E-state index is 6.46. The Kier molecular flexibility index (Phi) is 12.1. The minimum absolute atomic E-state index is 0.0708. The molecule has 1 rings (SSSR count). The highest BCUT2D eigenvalue weighted by Crippen LogP contribution is 2.36. The van der Waals surface area contributed by atoms with Crippen molar-refractivity contribution in [3.8, 4) is 5.75 Å². The van der Waals surface area contributed by atoms with E-state index >= 15 is 0 Å². The first kappa shape index (κ1) is 30.1. The van der Waals surface area contributed by atoms with Crippen LogP contribution in [0, 0.1) is 0 Å². The fourth-order valence-corrected chi connectivity index (χ4v) is 6.27. The smallest absolute Gasteiger partial charge is 0.191 e. The molecule has 0 radical (unpaired) electrons. The molecule has 0 spiro atoms. The van der Waals surface area contributed by atoms with E-state index in [0.717, 1.165) is 43.2 Å². The van der Waals surface area contributed by atoms with Gasteiger partial charge in [0, 0.05) is 28.2 Å². The van der Waals surface area contributed by atoms with Crippen molar-refractivity contribution in [3.63, 3.8) is 0 Å². The van der Waals surface area contributed by atoms with Crippen LogP contribution in [0.3, 0.4) is 0 Å². The van der Waals surface area contributed by atoms with Crippen molar-refractivity contribution in [1.29, 1.82) is 0 Å². The van der Waals surface area contributed by atoms with Crippen LogP contribution in [0.2, 0.25) is 43.8 Å². The van der Waals surface area contributed by atoms with Gasteiger partial charge in [0.05, 0.1) is 25.9 Å². The Hall–Kier alpha value is -0.926.